The number of carbonyl (C=O) groups excluding carboxylic acids is 1. The zero-order chi connectivity index (χ0) is 15.1. The molecular weight excluding hydrogens is 256 g/mol. The van der Waals surface area contributed by atoms with Crippen LogP contribution < -0.4 is 5.32 Å². The molecule has 1 amide bonds. The van der Waals surface area contributed by atoms with Crippen molar-refractivity contribution >= 4 is 17.6 Å². The minimum absolute atomic E-state index is 0.305. The van der Waals surface area contributed by atoms with Crippen molar-refractivity contribution in [2.24, 2.45) is 17.3 Å². The van der Waals surface area contributed by atoms with Crippen molar-refractivity contribution in [1.29, 1.82) is 5.26 Å². The van der Waals surface area contributed by atoms with Gasteiger partial charge in [0.2, 0.25) is 5.91 Å². The number of carbonyl (C=O) groups is 2. The molecular formula is C15H16N2O3. The van der Waals surface area contributed by atoms with E-state index in [1.54, 1.807) is 32.0 Å². The van der Waals surface area contributed by atoms with E-state index in [0.717, 1.165) is 5.56 Å². The third kappa shape index (κ3) is 2.25. The summed E-state index contributed by atoms with van der Waals surface area (Å²) in [5.74, 6) is -2.44. The average molecular weight is 272 g/mol. The number of carboxylic acids is 1. The summed E-state index contributed by atoms with van der Waals surface area (Å²) in [5.41, 5.74) is 1.32. The number of nitrogens with zero attached hydrogens (tertiary/aromatic N) is 1. The molecule has 5 nitrogen and oxygen atoms in total. The molecule has 0 aliphatic heterocycles. The smallest absolute Gasteiger partial charge is 0.307 e. The van der Waals surface area contributed by atoms with Gasteiger partial charge >= 0.3 is 5.97 Å². The van der Waals surface area contributed by atoms with Crippen LogP contribution in [0.25, 0.3) is 0 Å². The molecule has 1 aromatic carbocycles. The molecule has 2 N–H and O–H groups in total. The number of aliphatic carboxylic acids is 1. The summed E-state index contributed by atoms with van der Waals surface area (Å²) in [5, 5.41) is 20.7. The summed E-state index contributed by atoms with van der Waals surface area (Å²) >= 11 is 0. The number of hydrogen-bond donors (Lipinski definition) is 2. The molecule has 0 spiro atoms. The van der Waals surface area contributed by atoms with Crippen LogP contribution in [0.2, 0.25) is 0 Å². The van der Waals surface area contributed by atoms with Gasteiger partial charge in [0.05, 0.1) is 23.5 Å². The number of hydrogen-bond acceptors (Lipinski definition) is 3. The summed E-state index contributed by atoms with van der Waals surface area (Å²) in [6.45, 7) is 5.37. The summed E-state index contributed by atoms with van der Waals surface area (Å²) in [6.07, 6.45) is 0. The van der Waals surface area contributed by atoms with Crippen LogP contribution in [0, 0.1) is 35.5 Å². The molecule has 1 saturated carbocycles. The van der Waals surface area contributed by atoms with Gasteiger partial charge in [0.25, 0.3) is 0 Å². The Morgan fingerprint density at radius 3 is 2.50 bits per heavy atom. The fourth-order valence-electron chi connectivity index (χ4n) is 2.62. The second kappa shape index (κ2) is 4.64. The van der Waals surface area contributed by atoms with Gasteiger partial charge in [-0.25, -0.2) is 0 Å². The third-order valence-electron chi connectivity index (χ3n) is 4.00. The molecule has 2 rings (SSSR count). The molecule has 0 aromatic heterocycles. The van der Waals surface area contributed by atoms with Gasteiger partial charge < -0.3 is 10.4 Å². The Morgan fingerprint density at radius 2 is 2.00 bits per heavy atom. The Kier molecular flexibility index (Phi) is 3.26. The van der Waals surface area contributed by atoms with E-state index in [4.69, 9.17) is 10.4 Å². The van der Waals surface area contributed by atoms with Crippen LogP contribution in [0.1, 0.15) is 25.0 Å². The molecule has 20 heavy (non-hydrogen) atoms. The van der Waals surface area contributed by atoms with E-state index < -0.39 is 23.2 Å². The maximum Gasteiger partial charge on any atom is 0.307 e. The highest BCUT2D eigenvalue weighted by molar-refractivity contribution is 6.00. The topological polar surface area (TPSA) is 90.2 Å². The zero-order valence-electron chi connectivity index (χ0n) is 11.6. The van der Waals surface area contributed by atoms with Crippen molar-refractivity contribution in [3.63, 3.8) is 0 Å². The number of benzene rings is 1. The predicted octanol–water partition coefficient (Wildman–Crippen LogP) is 2.16. The van der Waals surface area contributed by atoms with Crippen LogP contribution >= 0.6 is 0 Å². The van der Waals surface area contributed by atoms with E-state index in [9.17, 15) is 9.59 Å². The molecule has 0 bridgehead atoms. The van der Waals surface area contributed by atoms with Gasteiger partial charge in [-0.2, -0.15) is 5.26 Å². The summed E-state index contributed by atoms with van der Waals surface area (Å²) in [7, 11) is 0. The Labute approximate surface area is 117 Å². The minimum atomic E-state index is -0.947. The molecule has 1 aromatic rings. The van der Waals surface area contributed by atoms with Crippen LogP contribution in [0.15, 0.2) is 18.2 Å². The second-order valence-corrected chi connectivity index (χ2v) is 5.75. The first-order chi connectivity index (χ1) is 9.28. The van der Waals surface area contributed by atoms with E-state index in [0.29, 0.717) is 11.3 Å². The number of nitrogens with one attached hydrogen (secondary N) is 1. The molecule has 2 atom stereocenters. The van der Waals surface area contributed by atoms with Crippen molar-refractivity contribution in [2.75, 3.05) is 5.32 Å². The van der Waals surface area contributed by atoms with Gasteiger partial charge in [-0.3, -0.25) is 9.59 Å². The van der Waals surface area contributed by atoms with Gasteiger partial charge in [-0.1, -0.05) is 19.9 Å². The van der Waals surface area contributed by atoms with Crippen LogP contribution in [0.4, 0.5) is 5.69 Å². The van der Waals surface area contributed by atoms with Gasteiger partial charge in [-0.15, -0.1) is 0 Å². The first kappa shape index (κ1) is 14.1. The zero-order valence-corrected chi connectivity index (χ0v) is 11.6. The standard InChI is InChI=1S/C15H16N2O3/c1-8-4-5-9(7-16)6-10(8)17-13(18)11-12(14(19)20)15(11,2)3/h4-6,11-12H,1-3H3,(H,17,18)(H,19,20)/t11-,12+/m1/s1. The van der Waals surface area contributed by atoms with Crippen LogP contribution in [0.5, 0.6) is 0 Å². The highest BCUT2D eigenvalue weighted by atomic mass is 16.4. The summed E-state index contributed by atoms with van der Waals surface area (Å²) in [4.78, 5) is 23.3. The fraction of sp³-hybridized carbons (Fsp3) is 0.400. The van der Waals surface area contributed by atoms with Crippen LogP contribution in [0.3, 0.4) is 0 Å². The SMILES string of the molecule is Cc1ccc(C#N)cc1NC(=O)[C@H]1[C@@H](C(=O)O)C1(C)C. The van der Waals surface area contributed by atoms with Crippen molar-refractivity contribution < 1.29 is 14.7 Å². The Bertz CT molecular complexity index is 628. The predicted molar refractivity (Wildman–Crippen MR) is 72.9 cm³/mol. The number of carboxylic acid groups (broad SMARTS) is 1. The first-order valence-electron chi connectivity index (χ1n) is 6.33. The number of rotatable bonds is 3. The van der Waals surface area contributed by atoms with Gasteiger partial charge in [0.15, 0.2) is 0 Å². The third-order valence-corrected chi connectivity index (χ3v) is 4.00. The lowest BCUT2D eigenvalue weighted by molar-refractivity contribution is -0.140. The maximum absolute atomic E-state index is 12.2. The number of amides is 1. The summed E-state index contributed by atoms with van der Waals surface area (Å²) < 4.78 is 0. The summed E-state index contributed by atoms with van der Waals surface area (Å²) in [6, 6.07) is 7.03. The molecule has 5 heteroatoms. The number of aryl methyl sites for hydroxylation is 1. The normalized spacial score (nSPS) is 22.7. The first-order valence-corrected chi connectivity index (χ1v) is 6.33. The number of anilines is 1. The second-order valence-electron chi connectivity index (χ2n) is 5.75. The largest absolute Gasteiger partial charge is 0.481 e. The van der Waals surface area contributed by atoms with E-state index in [1.165, 1.54) is 0 Å². The van der Waals surface area contributed by atoms with E-state index in [-0.39, 0.29) is 5.91 Å². The molecule has 0 saturated heterocycles. The number of nitriles is 1. The average Bonchev–Trinajstić information content (AvgIpc) is 2.95. The quantitative estimate of drug-likeness (QED) is 0.882. The Morgan fingerprint density at radius 1 is 1.35 bits per heavy atom. The lowest BCUT2D eigenvalue weighted by Gasteiger charge is -2.09. The van der Waals surface area contributed by atoms with Crippen LogP contribution in [-0.4, -0.2) is 17.0 Å². The molecule has 104 valence electrons. The van der Waals surface area contributed by atoms with E-state index in [2.05, 4.69) is 5.32 Å². The lowest BCUT2D eigenvalue weighted by atomic mass is 10.1. The van der Waals surface area contributed by atoms with E-state index >= 15 is 0 Å². The molecule has 1 fully saturated rings. The molecule has 1 aliphatic rings. The van der Waals surface area contributed by atoms with Gasteiger partial charge in [-0.05, 0) is 30.0 Å². The Hall–Kier alpha value is -2.35. The maximum atomic E-state index is 12.2. The van der Waals surface area contributed by atoms with Crippen molar-refractivity contribution in [3.8, 4) is 6.07 Å². The van der Waals surface area contributed by atoms with E-state index in [1.807, 2.05) is 13.0 Å². The molecule has 1 aliphatic carbocycles. The van der Waals surface area contributed by atoms with Crippen molar-refractivity contribution in [3.05, 3.63) is 29.3 Å². The lowest BCUT2D eigenvalue weighted by Crippen LogP contribution is -2.18. The fourth-order valence-corrected chi connectivity index (χ4v) is 2.62. The van der Waals surface area contributed by atoms with Crippen molar-refractivity contribution in [2.45, 2.75) is 20.8 Å². The highest BCUT2D eigenvalue weighted by Crippen LogP contribution is 2.58. The Balaban J connectivity index is 2.18. The minimum Gasteiger partial charge on any atom is -0.481 e. The monoisotopic (exact) mass is 272 g/mol. The van der Waals surface area contributed by atoms with Crippen LogP contribution in [-0.2, 0) is 9.59 Å². The molecule has 0 unspecified atom stereocenters. The van der Waals surface area contributed by atoms with Gasteiger partial charge in [0, 0.05) is 5.69 Å². The van der Waals surface area contributed by atoms with Crippen molar-refractivity contribution in [1.82, 2.24) is 0 Å². The molecule has 0 heterocycles. The molecule has 0 radical (unpaired) electrons. The highest BCUT2D eigenvalue weighted by Gasteiger charge is 2.65. The van der Waals surface area contributed by atoms with Gasteiger partial charge in [0.1, 0.15) is 0 Å².